The number of phenolic OH excluding ortho intramolecular Hbond substituents is 1. The molecule has 0 bridgehead atoms. The number of rotatable bonds is 3. The number of halogens is 7. The van der Waals surface area contributed by atoms with E-state index in [4.69, 9.17) is 5.73 Å². The van der Waals surface area contributed by atoms with E-state index < -0.39 is 42.1 Å². The van der Waals surface area contributed by atoms with Crippen LogP contribution in [0.4, 0.5) is 26.3 Å². The van der Waals surface area contributed by atoms with E-state index in [1.165, 1.54) is 0 Å². The molecule has 0 saturated carbocycles. The summed E-state index contributed by atoms with van der Waals surface area (Å²) in [7, 11) is 0. The number of hydrogen-bond acceptors (Lipinski definition) is 3. The number of benzene rings is 1. The van der Waals surface area contributed by atoms with Crippen molar-refractivity contribution in [2.24, 2.45) is 5.73 Å². The zero-order valence-electron chi connectivity index (χ0n) is 9.63. The molecule has 1 aromatic carbocycles. The fourth-order valence-electron chi connectivity index (χ4n) is 1.39. The van der Waals surface area contributed by atoms with Crippen molar-refractivity contribution in [2.75, 3.05) is 0 Å². The lowest BCUT2D eigenvalue weighted by Gasteiger charge is -2.17. The van der Waals surface area contributed by atoms with Crippen LogP contribution in [0.5, 0.6) is 11.5 Å². The quantitative estimate of drug-likeness (QED) is 0.834. The predicted octanol–water partition coefficient (Wildman–Crippen LogP) is 3.66. The molecule has 0 aromatic heterocycles. The Morgan fingerprint density at radius 3 is 2.15 bits per heavy atom. The zero-order valence-corrected chi connectivity index (χ0v) is 10.4. The molecule has 3 N–H and O–H groups in total. The Labute approximate surface area is 115 Å². The van der Waals surface area contributed by atoms with Crippen molar-refractivity contribution in [3.8, 4) is 11.5 Å². The number of aromatic hydroxyl groups is 1. The third-order valence-corrected chi connectivity index (χ3v) is 2.08. The van der Waals surface area contributed by atoms with Gasteiger partial charge in [0.2, 0.25) is 0 Å². The third kappa shape index (κ3) is 6.20. The summed E-state index contributed by atoms with van der Waals surface area (Å²) in [6, 6.07) is 0.496. The van der Waals surface area contributed by atoms with Gasteiger partial charge in [0, 0.05) is 11.6 Å². The third-order valence-electron chi connectivity index (χ3n) is 2.08. The molecule has 0 fully saturated rings. The molecular formula is C10H10ClF6NO2. The molecule has 10 heteroatoms. The zero-order chi connectivity index (χ0) is 14.8. The van der Waals surface area contributed by atoms with Crippen LogP contribution >= 0.6 is 12.4 Å². The molecule has 0 radical (unpaired) electrons. The Balaban J connectivity index is 0.00000361. The average molecular weight is 326 g/mol. The van der Waals surface area contributed by atoms with Gasteiger partial charge in [0.15, 0.2) is 0 Å². The summed E-state index contributed by atoms with van der Waals surface area (Å²) >= 11 is 0. The fraction of sp³-hybridized carbons (Fsp3) is 0.400. The van der Waals surface area contributed by atoms with E-state index in [-0.39, 0.29) is 12.4 Å². The van der Waals surface area contributed by atoms with E-state index in [0.29, 0.717) is 6.07 Å². The summed E-state index contributed by atoms with van der Waals surface area (Å²) in [4.78, 5) is 0. The molecule has 0 unspecified atom stereocenters. The van der Waals surface area contributed by atoms with E-state index in [2.05, 4.69) is 4.74 Å². The van der Waals surface area contributed by atoms with Gasteiger partial charge in [-0.3, -0.25) is 0 Å². The van der Waals surface area contributed by atoms with Crippen LogP contribution in [0.3, 0.4) is 0 Å². The van der Waals surface area contributed by atoms with Crippen LogP contribution in [0.15, 0.2) is 18.2 Å². The minimum absolute atomic E-state index is 0. The maximum absolute atomic E-state index is 12.1. The summed E-state index contributed by atoms with van der Waals surface area (Å²) in [5.41, 5.74) is 4.72. The maximum atomic E-state index is 12.1. The van der Waals surface area contributed by atoms with Gasteiger partial charge < -0.3 is 15.6 Å². The molecule has 20 heavy (non-hydrogen) atoms. The molecule has 1 aromatic rings. The second kappa shape index (κ2) is 6.40. The highest BCUT2D eigenvalue weighted by Gasteiger charge is 2.34. The first-order valence-electron chi connectivity index (χ1n) is 4.89. The first-order chi connectivity index (χ1) is 8.48. The molecule has 1 rings (SSSR count). The van der Waals surface area contributed by atoms with E-state index in [9.17, 15) is 31.4 Å². The second-order valence-electron chi connectivity index (χ2n) is 3.69. The molecule has 1 atom stereocenters. The Hall–Kier alpha value is -1.35. The van der Waals surface area contributed by atoms with Gasteiger partial charge in [-0.2, -0.15) is 13.2 Å². The topological polar surface area (TPSA) is 55.5 Å². The van der Waals surface area contributed by atoms with Crippen molar-refractivity contribution >= 4 is 12.4 Å². The van der Waals surface area contributed by atoms with E-state index in [1.807, 2.05) is 0 Å². The van der Waals surface area contributed by atoms with Gasteiger partial charge >= 0.3 is 12.5 Å². The lowest BCUT2D eigenvalue weighted by molar-refractivity contribution is -0.274. The standard InChI is InChI=1S/C10H9F6NO2.ClH/c11-9(12,13)4-7(17)6-3-5(1-2-8(6)18)19-10(14,15)16;/h1-3,7,18H,4,17H2;1H/t7-;/m1./s1. The first-order valence-corrected chi connectivity index (χ1v) is 4.89. The molecule has 0 heterocycles. The van der Waals surface area contributed by atoms with Gasteiger partial charge in [-0.1, -0.05) is 0 Å². The van der Waals surface area contributed by atoms with Crippen LogP contribution in [0, 0.1) is 0 Å². The SMILES string of the molecule is Cl.N[C@H](CC(F)(F)F)c1cc(OC(F)(F)F)ccc1O. The molecule has 0 spiro atoms. The minimum atomic E-state index is -4.98. The Kier molecular flexibility index (Phi) is 5.97. The average Bonchev–Trinajstić information content (AvgIpc) is 2.16. The van der Waals surface area contributed by atoms with Crippen molar-refractivity contribution in [1.82, 2.24) is 0 Å². The Morgan fingerprint density at radius 1 is 1.15 bits per heavy atom. The van der Waals surface area contributed by atoms with Crippen LogP contribution in [0.1, 0.15) is 18.0 Å². The first kappa shape index (κ1) is 18.7. The van der Waals surface area contributed by atoms with Gasteiger partial charge in [0.25, 0.3) is 0 Å². The summed E-state index contributed by atoms with van der Waals surface area (Å²) in [5, 5.41) is 9.32. The summed E-state index contributed by atoms with van der Waals surface area (Å²) < 4.78 is 75.7. The molecule has 0 aliphatic carbocycles. The molecule has 0 saturated heterocycles. The van der Waals surface area contributed by atoms with Crippen molar-refractivity contribution in [3.63, 3.8) is 0 Å². The van der Waals surface area contributed by atoms with E-state index in [1.54, 1.807) is 0 Å². The monoisotopic (exact) mass is 325 g/mol. The van der Waals surface area contributed by atoms with Crippen molar-refractivity contribution < 1.29 is 36.2 Å². The molecule has 0 aliphatic heterocycles. The van der Waals surface area contributed by atoms with Gasteiger partial charge in [-0.05, 0) is 18.2 Å². The van der Waals surface area contributed by atoms with Crippen LogP contribution in [-0.4, -0.2) is 17.6 Å². The van der Waals surface area contributed by atoms with Crippen LogP contribution in [0.2, 0.25) is 0 Å². The van der Waals surface area contributed by atoms with Crippen molar-refractivity contribution in [1.29, 1.82) is 0 Å². The largest absolute Gasteiger partial charge is 0.573 e. The number of hydrogen-bond donors (Lipinski definition) is 2. The maximum Gasteiger partial charge on any atom is 0.573 e. The van der Waals surface area contributed by atoms with Crippen LogP contribution in [0.25, 0.3) is 0 Å². The lowest BCUT2D eigenvalue weighted by atomic mass is 10.0. The minimum Gasteiger partial charge on any atom is -0.508 e. The van der Waals surface area contributed by atoms with E-state index >= 15 is 0 Å². The Morgan fingerprint density at radius 2 is 1.70 bits per heavy atom. The molecule has 3 nitrogen and oxygen atoms in total. The summed E-state index contributed by atoms with van der Waals surface area (Å²) in [6.07, 6.45) is -11.1. The van der Waals surface area contributed by atoms with Gasteiger partial charge in [-0.25, -0.2) is 0 Å². The van der Waals surface area contributed by atoms with Gasteiger partial charge in [0.1, 0.15) is 11.5 Å². The normalized spacial score (nSPS) is 13.6. The Bertz CT molecular complexity index is 448. The van der Waals surface area contributed by atoms with E-state index in [0.717, 1.165) is 12.1 Å². The van der Waals surface area contributed by atoms with Crippen LogP contribution in [-0.2, 0) is 0 Å². The molecular weight excluding hydrogens is 316 g/mol. The highest BCUT2D eigenvalue weighted by atomic mass is 35.5. The smallest absolute Gasteiger partial charge is 0.508 e. The predicted molar refractivity (Wildman–Crippen MR) is 59.6 cm³/mol. The number of alkyl halides is 6. The lowest BCUT2D eigenvalue weighted by Crippen LogP contribution is -2.21. The number of phenols is 1. The van der Waals surface area contributed by atoms with Crippen molar-refractivity contribution in [2.45, 2.75) is 25.0 Å². The fourth-order valence-corrected chi connectivity index (χ4v) is 1.39. The molecule has 0 aliphatic rings. The molecule has 116 valence electrons. The number of ether oxygens (including phenoxy) is 1. The highest BCUT2D eigenvalue weighted by Crippen LogP contribution is 2.35. The van der Waals surface area contributed by atoms with Gasteiger partial charge in [-0.15, -0.1) is 25.6 Å². The van der Waals surface area contributed by atoms with Gasteiger partial charge in [0.05, 0.1) is 6.42 Å². The number of nitrogens with two attached hydrogens (primary N) is 1. The summed E-state index contributed by atoms with van der Waals surface area (Å²) in [5.74, 6) is -1.39. The highest BCUT2D eigenvalue weighted by molar-refractivity contribution is 5.85. The molecule has 0 amide bonds. The summed E-state index contributed by atoms with van der Waals surface area (Å²) in [6.45, 7) is 0. The van der Waals surface area contributed by atoms with Crippen LogP contribution < -0.4 is 10.5 Å². The second-order valence-corrected chi connectivity index (χ2v) is 3.69. The van der Waals surface area contributed by atoms with Crippen molar-refractivity contribution in [3.05, 3.63) is 23.8 Å².